The fraction of sp³-hybridized carbons (Fsp3) is 0.643. The molecule has 1 aliphatic heterocycles. The number of phosphoric acid groups is 3. The third-order valence-electron chi connectivity index (χ3n) is 4.23. The van der Waals surface area contributed by atoms with Crippen LogP contribution in [0.2, 0.25) is 0 Å². The molecule has 0 amide bonds. The molecular formula is C14H22N3O14P3. The van der Waals surface area contributed by atoms with Crippen LogP contribution >= 0.6 is 23.5 Å². The lowest BCUT2D eigenvalue weighted by atomic mass is 10.2. The summed E-state index contributed by atoms with van der Waals surface area (Å²) in [5.74, 6) is 0. The van der Waals surface area contributed by atoms with Crippen molar-refractivity contribution < 1.29 is 55.5 Å². The van der Waals surface area contributed by atoms with Crippen molar-refractivity contribution in [2.24, 2.45) is 0 Å². The van der Waals surface area contributed by atoms with E-state index < -0.39 is 59.8 Å². The third-order valence-corrected chi connectivity index (χ3v) is 8.47. The molecule has 0 saturated carbocycles. The van der Waals surface area contributed by atoms with Gasteiger partial charge in [-0.25, -0.2) is 18.5 Å². The monoisotopic (exact) mass is 549 g/mol. The summed E-state index contributed by atoms with van der Waals surface area (Å²) in [6.07, 6.45) is -1.78. The second-order valence-electron chi connectivity index (χ2n) is 6.71. The van der Waals surface area contributed by atoms with Crippen LogP contribution in [-0.2, 0) is 40.8 Å². The highest BCUT2D eigenvalue weighted by Gasteiger charge is 2.44. The quantitative estimate of drug-likeness (QED) is 0.204. The van der Waals surface area contributed by atoms with Crippen molar-refractivity contribution in [1.82, 2.24) is 9.55 Å². The second-order valence-corrected chi connectivity index (χ2v) is 11.4. The molecular weight excluding hydrogens is 527 g/mol. The van der Waals surface area contributed by atoms with Crippen LogP contribution in [0.15, 0.2) is 15.8 Å². The highest BCUT2D eigenvalue weighted by atomic mass is 31.3. The summed E-state index contributed by atoms with van der Waals surface area (Å²) in [7, 11) is -15.3. The van der Waals surface area contributed by atoms with Gasteiger partial charge in [0.15, 0.2) is 0 Å². The normalized spacial score (nSPS) is 25.7. The van der Waals surface area contributed by atoms with Crippen molar-refractivity contribution in [1.29, 1.82) is 5.26 Å². The number of nitrogens with one attached hydrogen (secondary N) is 1. The van der Waals surface area contributed by atoms with E-state index in [9.17, 15) is 33.1 Å². The molecule has 0 aliphatic carbocycles. The van der Waals surface area contributed by atoms with E-state index >= 15 is 0 Å². The number of rotatable bonds is 12. The van der Waals surface area contributed by atoms with Crippen molar-refractivity contribution in [2.45, 2.75) is 38.2 Å². The number of ether oxygens (including phenoxy) is 2. The summed E-state index contributed by atoms with van der Waals surface area (Å²) in [6, 6.07) is 1.85. The Hall–Kier alpha value is -1.50. The molecule has 1 saturated heterocycles. The molecule has 6 atom stereocenters. The summed E-state index contributed by atoms with van der Waals surface area (Å²) in [5.41, 5.74) is -1.19. The maximum absolute atomic E-state index is 12.1. The van der Waals surface area contributed by atoms with E-state index in [1.54, 1.807) is 0 Å². The van der Waals surface area contributed by atoms with Gasteiger partial charge in [-0.2, -0.15) is 13.9 Å². The topological polar surface area (TPSA) is 246 Å². The minimum absolute atomic E-state index is 0.000189. The van der Waals surface area contributed by atoms with Crippen molar-refractivity contribution in [3.63, 3.8) is 0 Å². The average molecular weight is 549 g/mol. The number of aryl methyl sites for hydroxylation is 1. The Bertz CT molecular complexity index is 1170. The smallest absolute Gasteiger partial charge is 0.374 e. The molecule has 192 valence electrons. The molecule has 1 aromatic rings. The predicted octanol–water partition coefficient (Wildman–Crippen LogP) is 0.429. The molecule has 4 N–H and O–H groups in total. The first-order chi connectivity index (χ1) is 15.7. The van der Waals surface area contributed by atoms with Crippen LogP contribution in [-0.4, -0.2) is 56.8 Å². The lowest BCUT2D eigenvalue weighted by molar-refractivity contribution is -0.0603. The van der Waals surface area contributed by atoms with E-state index in [2.05, 4.69) is 22.7 Å². The van der Waals surface area contributed by atoms with Gasteiger partial charge in [-0.15, -0.1) is 0 Å². The van der Waals surface area contributed by atoms with Crippen LogP contribution in [0, 0.1) is 18.3 Å². The molecule has 0 radical (unpaired) electrons. The van der Waals surface area contributed by atoms with Crippen molar-refractivity contribution in [2.75, 3.05) is 20.3 Å². The maximum atomic E-state index is 12.1. The Morgan fingerprint density at radius 3 is 2.47 bits per heavy atom. The zero-order valence-electron chi connectivity index (χ0n) is 17.7. The van der Waals surface area contributed by atoms with Crippen LogP contribution in [0.1, 0.15) is 24.6 Å². The molecule has 4 unspecified atom stereocenters. The van der Waals surface area contributed by atoms with Gasteiger partial charge in [0.05, 0.1) is 31.8 Å². The lowest BCUT2D eigenvalue weighted by Gasteiger charge is -2.21. The molecule has 0 aromatic carbocycles. The minimum Gasteiger partial charge on any atom is -0.374 e. The number of aromatic nitrogens is 2. The number of hydrogen-bond donors (Lipinski definition) is 4. The lowest BCUT2D eigenvalue weighted by Crippen LogP contribution is -2.33. The minimum atomic E-state index is -5.59. The fourth-order valence-corrected chi connectivity index (χ4v) is 6.02. The number of nitrogens with zero attached hydrogens (tertiary/aromatic N) is 2. The largest absolute Gasteiger partial charge is 0.490 e. The van der Waals surface area contributed by atoms with Gasteiger partial charge in [-0.1, -0.05) is 0 Å². The average Bonchev–Trinajstić information content (AvgIpc) is 3.10. The number of nitriles is 1. The van der Waals surface area contributed by atoms with Gasteiger partial charge >= 0.3 is 29.2 Å². The van der Waals surface area contributed by atoms with Gasteiger partial charge in [0.2, 0.25) is 0 Å². The highest BCUT2D eigenvalue weighted by molar-refractivity contribution is 7.66. The Morgan fingerprint density at radius 1 is 1.21 bits per heavy atom. The summed E-state index contributed by atoms with van der Waals surface area (Å²) < 4.78 is 63.5. The van der Waals surface area contributed by atoms with Gasteiger partial charge < -0.3 is 24.2 Å². The van der Waals surface area contributed by atoms with E-state index in [4.69, 9.17) is 19.6 Å². The first-order valence-electron chi connectivity index (χ1n) is 9.26. The third kappa shape index (κ3) is 8.31. The molecule has 1 aliphatic rings. The number of hydrogen-bond acceptors (Lipinski definition) is 12. The number of aromatic amines is 1. The Kier molecular flexibility index (Phi) is 9.71. The summed E-state index contributed by atoms with van der Waals surface area (Å²) in [4.78, 5) is 54.0. The number of H-pyrrole nitrogens is 1. The molecule has 0 bridgehead atoms. The Morgan fingerprint density at radius 2 is 1.85 bits per heavy atom. The number of phosphoric ester groups is 2. The molecule has 2 rings (SSSR count). The molecule has 17 nitrogen and oxygen atoms in total. The zero-order chi connectivity index (χ0) is 25.7. The molecule has 20 heteroatoms. The molecule has 1 fully saturated rings. The fourth-order valence-electron chi connectivity index (χ4n) is 2.75. The Balaban J connectivity index is 2.14. The highest BCUT2D eigenvalue weighted by Crippen LogP contribution is 2.67. The second kappa shape index (κ2) is 11.5. The van der Waals surface area contributed by atoms with Crippen LogP contribution in [0.3, 0.4) is 0 Å². The van der Waals surface area contributed by atoms with E-state index in [0.717, 1.165) is 4.57 Å². The summed E-state index contributed by atoms with van der Waals surface area (Å²) in [6.45, 7) is 0.622. The first kappa shape index (κ1) is 28.7. The van der Waals surface area contributed by atoms with E-state index in [-0.39, 0.29) is 25.0 Å². The molecule has 0 spiro atoms. The standard InChI is InChI=1S/C14H22N3O14P3/c1-9-7-17(14(19)16-13(9)18)12-6-10(27-5-3-4-15)11(29-12)8-28-33(22,23)31-34(24,25)30-32(20,21)26-2/h7,10-12H,3,5-6,8H2,1-2H3,(H,20,21)(H,22,23)(H,24,25)(H,16,18,19)/t10?,11-,12-/m1/s1. The van der Waals surface area contributed by atoms with E-state index in [1.807, 2.05) is 6.07 Å². The molecule has 34 heavy (non-hydrogen) atoms. The first-order valence-corrected chi connectivity index (χ1v) is 13.7. The van der Waals surface area contributed by atoms with Crippen molar-refractivity contribution in [3.05, 3.63) is 32.6 Å². The molecule has 1 aromatic heterocycles. The predicted molar refractivity (Wildman–Crippen MR) is 109 cm³/mol. The summed E-state index contributed by atoms with van der Waals surface area (Å²) in [5, 5.41) is 8.69. The van der Waals surface area contributed by atoms with Gasteiger partial charge in [0.1, 0.15) is 12.3 Å². The van der Waals surface area contributed by atoms with Crippen LogP contribution in [0.25, 0.3) is 0 Å². The van der Waals surface area contributed by atoms with Crippen molar-refractivity contribution >= 4 is 23.5 Å². The van der Waals surface area contributed by atoms with Gasteiger partial charge in [-0.3, -0.25) is 23.4 Å². The van der Waals surface area contributed by atoms with Gasteiger partial charge in [0, 0.05) is 25.3 Å². The van der Waals surface area contributed by atoms with Gasteiger partial charge in [0.25, 0.3) is 5.56 Å². The van der Waals surface area contributed by atoms with Gasteiger partial charge in [-0.05, 0) is 6.92 Å². The summed E-state index contributed by atoms with van der Waals surface area (Å²) >= 11 is 0. The van der Waals surface area contributed by atoms with Crippen LogP contribution in [0.4, 0.5) is 0 Å². The maximum Gasteiger partial charge on any atom is 0.490 e. The zero-order valence-corrected chi connectivity index (χ0v) is 20.4. The van der Waals surface area contributed by atoms with E-state index in [0.29, 0.717) is 7.11 Å². The van der Waals surface area contributed by atoms with E-state index in [1.165, 1.54) is 13.1 Å². The molecule has 2 heterocycles. The van der Waals surface area contributed by atoms with Crippen LogP contribution < -0.4 is 11.2 Å². The Labute approximate surface area is 191 Å². The van der Waals surface area contributed by atoms with Crippen molar-refractivity contribution in [3.8, 4) is 6.07 Å². The van der Waals surface area contributed by atoms with Crippen LogP contribution in [0.5, 0.6) is 0 Å². The SMILES string of the molecule is COP(=O)(O)OP(=O)(O)OP(=O)(O)OC[C@H]1O[C@@H](n2cc(C)c(=O)[nH]c2=O)CC1OCCC#N.